The van der Waals surface area contributed by atoms with Crippen LogP contribution in [-0.4, -0.2) is 53.5 Å². The summed E-state index contributed by atoms with van der Waals surface area (Å²) < 4.78 is 0. The van der Waals surface area contributed by atoms with Gasteiger partial charge in [-0.25, -0.2) is 0 Å². The van der Waals surface area contributed by atoms with Gasteiger partial charge in [0.05, 0.1) is 5.54 Å². The highest BCUT2D eigenvalue weighted by Crippen LogP contribution is 2.17. The highest BCUT2D eigenvalue weighted by atomic mass is 16.1. The molecule has 88 valence electrons. The average molecular weight is 213 g/mol. The molecule has 4 heteroatoms. The lowest BCUT2D eigenvalue weighted by Gasteiger charge is -2.43. The van der Waals surface area contributed by atoms with Gasteiger partial charge in [0.2, 0.25) is 5.91 Å². The van der Waals surface area contributed by atoms with E-state index in [1.54, 1.807) is 0 Å². The molecule has 1 aliphatic heterocycles. The lowest BCUT2D eigenvalue weighted by molar-refractivity contribution is -0.129. The molecular formula is C11H23N3O. The van der Waals surface area contributed by atoms with E-state index in [-0.39, 0.29) is 5.91 Å². The summed E-state index contributed by atoms with van der Waals surface area (Å²) in [4.78, 5) is 15.9. The lowest BCUT2D eigenvalue weighted by Crippen LogP contribution is -2.60. The molecule has 0 radical (unpaired) electrons. The molecule has 0 aromatic carbocycles. The number of hydrogen-bond acceptors (Lipinski definition) is 3. The molecule has 1 heterocycles. The van der Waals surface area contributed by atoms with Crippen molar-refractivity contribution in [2.24, 2.45) is 5.73 Å². The maximum atomic E-state index is 11.3. The highest BCUT2D eigenvalue weighted by molar-refractivity contribution is 5.83. The molecule has 1 amide bonds. The maximum absolute atomic E-state index is 11.3. The predicted molar refractivity (Wildman–Crippen MR) is 61.6 cm³/mol. The average Bonchev–Trinajstić information content (AvgIpc) is 2.17. The van der Waals surface area contributed by atoms with E-state index in [0.29, 0.717) is 6.04 Å². The minimum atomic E-state index is -0.511. The number of rotatable bonds is 3. The third-order valence-corrected chi connectivity index (χ3v) is 3.44. The van der Waals surface area contributed by atoms with E-state index < -0.39 is 5.54 Å². The summed E-state index contributed by atoms with van der Waals surface area (Å²) in [6, 6.07) is 0.587. The van der Waals surface area contributed by atoms with Crippen LogP contribution < -0.4 is 5.73 Å². The van der Waals surface area contributed by atoms with E-state index >= 15 is 0 Å². The van der Waals surface area contributed by atoms with Crippen LogP contribution in [0.4, 0.5) is 0 Å². The zero-order valence-electron chi connectivity index (χ0n) is 10.3. The Hall–Kier alpha value is -0.610. The Morgan fingerprint density at radius 2 is 1.67 bits per heavy atom. The number of carbonyl (C=O) groups excluding carboxylic acids is 1. The molecule has 0 saturated carbocycles. The Kier molecular flexibility index (Phi) is 3.73. The topological polar surface area (TPSA) is 49.6 Å². The summed E-state index contributed by atoms with van der Waals surface area (Å²) in [7, 11) is 0. The van der Waals surface area contributed by atoms with Crippen molar-refractivity contribution >= 4 is 5.91 Å². The van der Waals surface area contributed by atoms with Crippen molar-refractivity contribution in [2.75, 3.05) is 26.2 Å². The van der Waals surface area contributed by atoms with Gasteiger partial charge in [-0.3, -0.25) is 14.6 Å². The molecule has 0 aliphatic carbocycles. The number of carbonyl (C=O) groups is 1. The first-order valence-electron chi connectivity index (χ1n) is 5.64. The largest absolute Gasteiger partial charge is 0.368 e. The second kappa shape index (κ2) is 4.49. The molecule has 1 rings (SSSR count). The zero-order valence-corrected chi connectivity index (χ0v) is 10.3. The van der Waals surface area contributed by atoms with Crippen LogP contribution in [0.1, 0.15) is 27.7 Å². The van der Waals surface area contributed by atoms with E-state index in [9.17, 15) is 4.79 Å². The SMILES string of the molecule is CC(C)N1CCN(C(C)(C)C(N)=O)CC1. The monoisotopic (exact) mass is 213 g/mol. The molecule has 2 N–H and O–H groups in total. The van der Waals surface area contributed by atoms with Crippen LogP contribution in [0.3, 0.4) is 0 Å². The van der Waals surface area contributed by atoms with E-state index in [1.807, 2.05) is 13.8 Å². The van der Waals surface area contributed by atoms with Crippen molar-refractivity contribution in [2.45, 2.75) is 39.3 Å². The Balaban J connectivity index is 2.54. The predicted octanol–water partition coefficient (Wildman–Crippen LogP) is 0.276. The fourth-order valence-corrected chi connectivity index (χ4v) is 1.95. The summed E-state index contributed by atoms with van der Waals surface area (Å²) in [5.41, 5.74) is 4.89. The molecule has 0 aromatic heterocycles. The van der Waals surface area contributed by atoms with Crippen LogP contribution in [0, 0.1) is 0 Å². The van der Waals surface area contributed by atoms with E-state index in [2.05, 4.69) is 23.6 Å². The smallest absolute Gasteiger partial charge is 0.237 e. The van der Waals surface area contributed by atoms with Crippen LogP contribution >= 0.6 is 0 Å². The molecule has 1 fully saturated rings. The lowest BCUT2D eigenvalue weighted by atomic mass is 10.0. The van der Waals surface area contributed by atoms with Crippen LogP contribution in [0.25, 0.3) is 0 Å². The van der Waals surface area contributed by atoms with Crippen molar-refractivity contribution in [1.29, 1.82) is 0 Å². The quantitative estimate of drug-likeness (QED) is 0.732. The molecule has 0 aromatic rings. The van der Waals surface area contributed by atoms with Gasteiger partial charge in [-0.2, -0.15) is 0 Å². The molecular weight excluding hydrogens is 190 g/mol. The van der Waals surface area contributed by atoms with Gasteiger partial charge in [0.15, 0.2) is 0 Å². The Labute approximate surface area is 92.4 Å². The standard InChI is InChI=1S/C11H23N3O/c1-9(2)13-5-7-14(8-6-13)11(3,4)10(12)15/h9H,5-8H2,1-4H3,(H2,12,15). The molecule has 0 unspecified atom stereocenters. The van der Waals surface area contributed by atoms with Crippen LogP contribution in [0.5, 0.6) is 0 Å². The second-order valence-electron chi connectivity index (χ2n) is 5.04. The molecule has 1 aliphatic rings. The van der Waals surface area contributed by atoms with Crippen molar-refractivity contribution in [1.82, 2.24) is 9.80 Å². The van der Waals surface area contributed by atoms with Crippen LogP contribution in [0.2, 0.25) is 0 Å². The van der Waals surface area contributed by atoms with Crippen molar-refractivity contribution < 1.29 is 4.79 Å². The fourth-order valence-electron chi connectivity index (χ4n) is 1.95. The second-order valence-corrected chi connectivity index (χ2v) is 5.04. The number of piperazine rings is 1. The Morgan fingerprint density at radius 1 is 1.20 bits per heavy atom. The third-order valence-electron chi connectivity index (χ3n) is 3.44. The third kappa shape index (κ3) is 2.69. The first-order valence-corrected chi connectivity index (χ1v) is 5.64. The van der Waals surface area contributed by atoms with Gasteiger partial charge in [-0.1, -0.05) is 0 Å². The van der Waals surface area contributed by atoms with Gasteiger partial charge < -0.3 is 5.73 Å². The van der Waals surface area contributed by atoms with Crippen molar-refractivity contribution in [3.05, 3.63) is 0 Å². The normalized spacial score (nSPS) is 20.9. The first kappa shape index (κ1) is 12.5. The Bertz CT molecular complexity index is 230. The summed E-state index contributed by atoms with van der Waals surface area (Å²) in [6.45, 7) is 12.1. The van der Waals surface area contributed by atoms with Gasteiger partial charge >= 0.3 is 0 Å². The fraction of sp³-hybridized carbons (Fsp3) is 0.909. The number of primary amides is 1. The van der Waals surface area contributed by atoms with Crippen molar-refractivity contribution in [3.63, 3.8) is 0 Å². The number of nitrogens with zero attached hydrogens (tertiary/aromatic N) is 2. The minimum absolute atomic E-state index is 0.236. The number of nitrogens with two attached hydrogens (primary N) is 1. The molecule has 0 spiro atoms. The molecule has 1 saturated heterocycles. The summed E-state index contributed by atoms with van der Waals surface area (Å²) in [5, 5.41) is 0. The van der Waals surface area contributed by atoms with E-state index in [4.69, 9.17) is 5.73 Å². The summed E-state index contributed by atoms with van der Waals surface area (Å²) in [5.74, 6) is -0.236. The van der Waals surface area contributed by atoms with Gasteiger partial charge in [0.25, 0.3) is 0 Å². The summed E-state index contributed by atoms with van der Waals surface area (Å²) in [6.07, 6.45) is 0. The first-order chi connectivity index (χ1) is 6.85. The maximum Gasteiger partial charge on any atom is 0.237 e. The zero-order chi connectivity index (χ0) is 11.6. The Morgan fingerprint density at radius 3 is 2.00 bits per heavy atom. The summed E-state index contributed by atoms with van der Waals surface area (Å²) >= 11 is 0. The van der Waals surface area contributed by atoms with E-state index in [0.717, 1.165) is 26.2 Å². The number of hydrogen-bond donors (Lipinski definition) is 1. The molecule has 4 nitrogen and oxygen atoms in total. The molecule has 15 heavy (non-hydrogen) atoms. The van der Waals surface area contributed by atoms with Gasteiger partial charge in [-0.15, -0.1) is 0 Å². The van der Waals surface area contributed by atoms with Gasteiger partial charge in [0.1, 0.15) is 0 Å². The van der Waals surface area contributed by atoms with Gasteiger partial charge in [-0.05, 0) is 27.7 Å². The highest BCUT2D eigenvalue weighted by Gasteiger charge is 2.34. The molecule has 0 bridgehead atoms. The van der Waals surface area contributed by atoms with Crippen LogP contribution in [0.15, 0.2) is 0 Å². The van der Waals surface area contributed by atoms with Crippen molar-refractivity contribution in [3.8, 4) is 0 Å². The van der Waals surface area contributed by atoms with E-state index in [1.165, 1.54) is 0 Å². The number of amides is 1. The van der Waals surface area contributed by atoms with Crippen LogP contribution in [-0.2, 0) is 4.79 Å². The minimum Gasteiger partial charge on any atom is -0.368 e. The van der Waals surface area contributed by atoms with Gasteiger partial charge in [0, 0.05) is 32.2 Å². The molecule has 0 atom stereocenters.